The van der Waals surface area contributed by atoms with E-state index in [9.17, 15) is 0 Å². The molecule has 3 aliphatic heterocycles. The zero-order valence-electron chi connectivity index (χ0n) is 9.84. The molecule has 2 nitrogen and oxygen atoms in total. The molecule has 0 spiro atoms. The van der Waals surface area contributed by atoms with Gasteiger partial charge < -0.3 is 5.32 Å². The molecule has 3 fully saturated rings. The third-order valence-electron chi connectivity index (χ3n) is 3.69. The van der Waals surface area contributed by atoms with Crippen LogP contribution in [0.4, 0.5) is 0 Å². The van der Waals surface area contributed by atoms with E-state index in [2.05, 4.69) is 40.5 Å². The summed E-state index contributed by atoms with van der Waals surface area (Å²) in [5.41, 5.74) is 1.45. The Kier molecular flexibility index (Phi) is 5.74. The van der Waals surface area contributed by atoms with Crippen molar-refractivity contribution in [2.45, 2.75) is 31.5 Å². The largest absolute Gasteiger partial charge is 0.311 e. The zero-order valence-corrected chi connectivity index (χ0v) is 11.5. The highest BCUT2D eigenvalue weighted by atomic mass is 35.5. The van der Waals surface area contributed by atoms with E-state index in [4.69, 9.17) is 0 Å². The minimum absolute atomic E-state index is 0. The first-order valence-corrected chi connectivity index (χ1v) is 5.93. The van der Waals surface area contributed by atoms with Crippen LogP contribution < -0.4 is 5.32 Å². The minimum atomic E-state index is 0. The van der Waals surface area contributed by atoms with Gasteiger partial charge in [0.25, 0.3) is 0 Å². The zero-order chi connectivity index (χ0) is 10.1. The average Bonchev–Trinajstić information content (AvgIpc) is 2.32. The Morgan fingerprint density at radius 2 is 1.88 bits per heavy atom. The number of nitrogens with one attached hydrogen (secondary N) is 1. The van der Waals surface area contributed by atoms with E-state index in [1.54, 1.807) is 0 Å². The highest BCUT2D eigenvalue weighted by molar-refractivity contribution is 5.85. The van der Waals surface area contributed by atoms with Gasteiger partial charge in [-0.1, -0.05) is 30.3 Å². The molecule has 3 heterocycles. The van der Waals surface area contributed by atoms with Crippen molar-refractivity contribution in [2.75, 3.05) is 13.1 Å². The van der Waals surface area contributed by atoms with Gasteiger partial charge in [-0.25, -0.2) is 0 Å². The van der Waals surface area contributed by atoms with Gasteiger partial charge in [0.2, 0.25) is 0 Å². The molecule has 96 valence electrons. The van der Waals surface area contributed by atoms with Crippen LogP contribution in [-0.2, 0) is 6.54 Å². The average molecular weight is 275 g/mol. The van der Waals surface area contributed by atoms with Gasteiger partial charge in [-0.2, -0.15) is 0 Å². The first-order chi connectivity index (χ1) is 7.42. The molecule has 2 atom stereocenters. The molecule has 0 amide bonds. The maximum absolute atomic E-state index is 3.59. The number of hydrogen-bond acceptors (Lipinski definition) is 2. The van der Waals surface area contributed by atoms with E-state index >= 15 is 0 Å². The maximum atomic E-state index is 3.59. The normalized spacial score (nSPS) is 27.1. The topological polar surface area (TPSA) is 15.3 Å². The van der Waals surface area contributed by atoms with Gasteiger partial charge in [-0.3, -0.25) is 4.90 Å². The van der Waals surface area contributed by atoms with E-state index < -0.39 is 0 Å². The van der Waals surface area contributed by atoms with E-state index in [0.717, 1.165) is 18.6 Å². The summed E-state index contributed by atoms with van der Waals surface area (Å²) in [6.45, 7) is 3.56. The maximum Gasteiger partial charge on any atom is 0.0237 e. The molecule has 0 unspecified atom stereocenters. The van der Waals surface area contributed by atoms with Gasteiger partial charge in [0.05, 0.1) is 0 Å². The molecule has 3 aliphatic rings. The SMILES string of the molecule is Cl.Cl.c1ccc(CN2C[C@@H]3CC[C@H]2CN3)cc1. The van der Waals surface area contributed by atoms with Crippen molar-refractivity contribution in [2.24, 2.45) is 0 Å². The Morgan fingerprint density at radius 3 is 2.41 bits per heavy atom. The Balaban J connectivity index is 0.000000722. The second-order valence-electron chi connectivity index (χ2n) is 4.75. The molecule has 3 saturated heterocycles. The molecule has 4 rings (SSSR count). The fourth-order valence-corrected chi connectivity index (χ4v) is 2.81. The summed E-state index contributed by atoms with van der Waals surface area (Å²) in [7, 11) is 0. The summed E-state index contributed by atoms with van der Waals surface area (Å²) in [5.74, 6) is 0. The second-order valence-corrected chi connectivity index (χ2v) is 4.75. The number of piperidine rings is 2. The first kappa shape index (κ1) is 14.8. The quantitative estimate of drug-likeness (QED) is 0.892. The second kappa shape index (κ2) is 6.60. The fourth-order valence-electron chi connectivity index (χ4n) is 2.81. The number of piperazine rings is 1. The number of nitrogens with zero attached hydrogens (tertiary/aromatic N) is 1. The fraction of sp³-hybridized carbons (Fsp3) is 0.538. The van der Waals surface area contributed by atoms with Crippen LogP contribution in [0, 0.1) is 0 Å². The van der Waals surface area contributed by atoms with Gasteiger partial charge in [0.15, 0.2) is 0 Å². The first-order valence-electron chi connectivity index (χ1n) is 5.93. The minimum Gasteiger partial charge on any atom is -0.311 e. The monoisotopic (exact) mass is 274 g/mol. The molecular formula is C13H20Cl2N2. The Labute approximate surface area is 116 Å². The predicted octanol–water partition coefficient (Wildman–Crippen LogP) is 2.47. The Hall–Kier alpha value is -0.280. The van der Waals surface area contributed by atoms with Gasteiger partial charge in [-0.15, -0.1) is 24.8 Å². The highest BCUT2D eigenvalue weighted by Gasteiger charge is 2.32. The van der Waals surface area contributed by atoms with Gasteiger partial charge in [0.1, 0.15) is 0 Å². The molecule has 2 bridgehead atoms. The molecule has 0 aliphatic carbocycles. The van der Waals surface area contributed by atoms with Crippen molar-refractivity contribution >= 4 is 24.8 Å². The van der Waals surface area contributed by atoms with Crippen LogP contribution in [0.25, 0.3) is 0 Å². The van der Waals surface area contributed by atoms with Crippen LogP contribution in [0.15, 0.2) is 30.3 Å². The number of rotatable bonds is 2. The lowest BCUT2D eigenvalue weighted by molar-refractivity contribution is 0.0685. The summed E-state index contributed by atoms with van der Waals surface area (Å²) in [5, 5.41) is 3.59. The number of hydrogen-bond donors (Lipinski definition) is 1. The van der Waals surface area contributed by atoms with Crippen LogP contribution >= 0.6 is 24.8 Å². The lowest BCUT2D eigenvalue weighted by Gasteiger charge is -2.46. The summed E-state index contributed by atoms with van der Waals surface area (Å²) >= 11 is 0. The van der Waals surface area contributed by atoms with Crippen molar-refractivity contribution in [3.63, 3.8) is 0 Å². The van der Waals surface area contributed by atoms with Crippen molar-refractivity contribution in [1.29, 1.82) is 0 Å². The summed E-state index contributed by atoms with van der Waals surface area (Å²) < 4.78 is 0. The summed E-state index contributed by atoms with van der Waals surface area (Å²) in [4.78, 5) is 2.64. The van der Waals surface area contributed by atoms with E-state index in [-0.39, 0.29) is 24.8 Å². The lowest BCUT2D eigenvalue weighted by Crippen LogP contribution is -2.60. The molecule has 0 saturated carbocycles. The molecule has 17 heavy (non-hydrogen) atoms. The Bertz CT molecular complexity index is 323. The van der Waals surface area contributed by atoms with E-state index in [1.165, 1.54) is 31.5 Å². The molecular weight excluding hydrogens is 255 g/mol. The van der Waals surface area contributed by atoms with Crippen molar-refractivity contribution in [3.05, 3.63) is 35.9 Å². The molecule has 1 N–H and O–H groups in total. The van der Waals surface area contributed by atoms with Crippen LogP contribution in [0.5, 0.6) is 0 Å². The van der Waals surface area contributed by atoms with Crippen LogP contribution in [0.1, 0.15) is 18.4 Å². The number of benzene rings is 1. The van der Waals surface area contributed by atoms with Crippen molar-refractivity contribution in [3.8, 4) is 0 Å². The molecule has 0 aromatic heterocycles. The van der Waals surface area contributed by atoms with E-state index in [1.807, 2.05) is 0 Å². The van der Waals surface area contributed by atoms with Gasteiger partial charge in [-0.05, 0) is 18.4 Å². The lowest BCUT2D eigenvalue weighted by atomic mass is 9.92. The van der Waals surface area contributed by atoms with Gasteiger partial charge >= 0.3 is 0 Å². The number of halogens is 2. The van der Waals surface area contributed by atoms with E-state index in [0.29, 0.717) is 0 Å². The Morgan fingerprint density at radius 1 is 1.12 bits per heavy atom. The van der Waals surface area contributed by atoms with Crippen molar-refractivity contribution in [1.82, 2.24) is 10.2 Å². The summed E-state index contributed by atoms with van der Waals surface area (Å²) in [6, 6.07) is 12.3. The smallest absolute Gasteiger partial charge is 0.0237 e. The highest BCUT2D eigenvalue weighted by Crippen LogP contribution is 2.23. The van der Waals surface area contributed by atoms with Crippen LogP contribution in [-0.4, -0.2) is 30.1 Å². The third-order valence-corrected chi connectivity index (χ3v) is 3.69. The molecule has 0 radical (unpaired) electrons. The molecule has 4 heteroatoms. The van der Waals surface area contributed by atoms with Gasteiger partial charge in [0, 0.05) is 31.7 Å². The predicted molar refractivity (Wildman–Crippen MR) is 76.2 cm³/mol. The number of fused-ring (bicyclic) bond motifs is 3. The standard InChI is InChI=1S/C13H18N2.2ClH/c1-2-4-11(5-3-1)9-15-10-12-6-7-13(15)8-14-12;;/h1-5,12-14H,6-10H2;2*1H/t12-,13-;;/m0../s1. The third kappa shape index (κ3) is 3.35. The van der Waals surface area contributed by atoms with Crippen LogP contribution in [0.2, 0.25) is 0 Å². The van der Waals surface area contributed by atoms with Crippen LogP contribution in [0.3, 0.4) is 0 Å². The summed E-state index contributed by atoms with van der Waals surface area (Å²) in [6.07, 6.45) is 2.75. The molecule has 1 aromatic carbocycles. The molecule has 1 aromatic rings. The van der Waals surface area contributed by atoms with Crippen molar-refractivity contribution < 1.29 is 0 Å².